The minimum atomic E-state index is -0.194. The number of anilines is 2. The first kappa shape index (κ1) is 15.4. The minimum absolute atomic E-state index is 0.194. The lowest BCUT2D eigenvalue weighted by Gasteiger charge is -2.24. The van der Waals surface area contributed by atoms with Gasteiger partial charge in [-0.3, -0.25) is 0 Å². The third-order valence-electron chi connectivity index (χ3n) is 3.72. The van der Waals surface area contributed by atoms with Crippen molar-refractivity contribution < 1.29 is 4.39 Å². The summed E-state index contributed by atoms with van der Waals surface area (Å²) in [5.41, 5.74) is 3.86. The topological polar surface area (TPSA) is 15.3 Å². The third kappa shape index (κ3) is 3.97. The van der Waals surface area contributed by atoms with Crippen molar-refractivity contribution in [2.45, 2.75) is 33.4 Å². The number of hydrogen-bond donors (Lipinski definition) is 1. The Labute approximate surface area is 126 Å². The number of nitrogens with one attached hydrogen (secondary N) is 1. The molecule has 0 bridgehead atoms. The minimum Gasteiger partial charge on any atom is -0.381 e. The summed E-state index contributed by atoms with van der Waals surface area (Å²) in [7, 11) is 1.91. The van der Waals surface area contributed by atoms with Crippen LogP contribution in [0.4, 0.5) is 15.8 Å². The number of nitrogens with zero attached hydrogens (tertiary/aromatic N) is 1. The average molecular weight is 286 g/mol. The second kappa shape index (κ2) is 6.61. The van der Waals surface area contributed by atoms with Crippen LogP contribution in [0.2, 0.25) is 0 Å². The molecule has 1 N–H and O–H groups in total. The Morgan fingerprint density at radius 1 is 1.10 bits per heavy atom. The first-order valence-corrected chi connectivity index (χ1v) is 7.29. The first-order valence-electron chi connectivity index (χ1n) is 7.29. The van der Waals surface area contributed by atoms with Crippen LogP contribution in [0.25, 0.3) is 0 Å². The number of rotatable bonds is 5. The van der Waals surface area contributed by atoms with Crippen LogP contribution in [0.1, 0.15) is 25.0 Å². The molecule has 0 radical (unpaired) electrons. The lowest BCUT2D eigenvalue weighted by molar-refractivity contribution is 0.614. The van der Waals surface area contributed by atoms with Gasteiger partial charge in [0.1, 0.15) is 5.82 Å². The molecule has 21 heavy (non-hydrogen) atoms. The molecule has 0 unspecified atom stereocenters. The molecule has 112 valence electrons. The van der Waals surface area contributed by atoms with Gasteiger partial charge in [-0.15, -0.1) is 0 Å². The molecule has 0 aliphatic rings. The maximum Gasteiger partial charge on any atom is 0.148 e. The zero-order chi connectivity index (χ0) is 15.4. The van der Waals surface area contributed by atoms with Gasteiger partial charge in [0.15, 0.2) is 0 Å². The van der Waals surface area contributed by atoms with Crippen molar-refractivity contribution >= 4 is 11.4 Å². The molecule has 2 aromatic carbocycles. The smallest absolute Gasteiger partial charge is 0.148 e. The highest BCUT2D eigenvalue weighted by Crippen LogP contribution is 2.23. The zero-order valence-corrected chi connectivity index (χ0v) is 13.2. The Bertz CT molecular complexity index is 591. The van der Waals surface area contributed by atoms with Crippen molar-refractivity contribution in [3.05, 3.63) is 59.4 Å². The van der Waals surface area contributed by atoms with Crippen LogP contribution in [0, 0.1) is 12.7 Å². The summed E-state index contributed by atoms with van der Waals surface area (Å²) in [6.07, 6.45) is 0. The van der Waals surface area contributed by atoms with Crippen LogP contribution in [0.5, 0.6) is 0 Å². The summed E-state index contributed by atoms with van der Waals surface area (Å²) >= 11 is 0. The predicted molar refractivity (Wildman–Crippen MR) is 88.4 cm³/mol. The Morgan fingerprint density at radius 3 is 2.33 bits per heavy atom. The molecule has 0 heterocycles. The second-order valence-corrected chi connectivity index (χ2v) is 5.71. The van der Waals surface area contributed by atoms with Gasteiger partial charge in [0.05, 0.1) is 5.69 Å². The molecule has 0 aliphatic heterocycles. The average Bonchev–Trinajstić information content (AvgIpc) is 2.46. The van der Waals surface area contributed by atoms with E-state index in [-0.39, 0.29) is 11.9 Å². The molecule has 0 atom stereocenters. The molecule has 0 amide bonds. The van der Waals surface area contributed by atoms with Crippen LogP contribution < -0.4 is 10.2 Å². The molecule has 0 spiro atoms. The highest BCUT2D eigenvalue weighted by molar-refractivity contribution is 5.56. The number of benzene rings is 2. The van der Waals surface area contributed by atoms with Gasteiger partial charge in [0.2, 0.25) is 0 Å². The first-order chi connectivity index (χ1) is 9.97. The summed E-state index contributed by atoms with van der Waals surface area (Å²) in [5.74, 6) is -0.194. The van der Waals surface area contributed by atoms with Crippen LogP contribution in [-0.2, 0) is 6.54 Å². The maximum atomic E-state index is 14.2. The molecule has 0 aliphatic carbocycles. The van der Waals surface area contributed by atoms with Crippen molar-refractivity contribution in [1.82, 2.24) is 0 Å². The van der Waals surface area contributed by atoms with E-state index >= 15 is 0 Å². The molecule has 2 nitrogen and oxygen atoms in total. The molecular formula is C18H23FN2. The van der Waals surface area contributed by atoms with Crippen LogP contribution in [0.15, 0.2) is 42.5 Å². The Kier molecular flexibility index (Phi) is 4.84. The number of aryl methyl sites for hydroxylation is 1. The molecule has 0 fully saturated rings. The summed E-state index contributed by atoms with van der Waals surface area (Å²) in [5, 5.41) is 3.26. The standard InChI is InChI=1S/C18H23FN2/c1-13(2)21(4)18-10-9-16(11-17(18)19)20-12-15-7-5-14(3)6-8-15/h5-11,13,20H,12H2,1-4H3. The molecule has 2 rings (SSSR count). The quantitative estimate of drug-likeness (QED) is 0.864. The molecule has 0 saturated carbocycles. The molecule has 2 aromatic rings. The van der Waals surface area contributed by atoms with Gasteiger partial charge in [-0.05, 0) is 44.5 Å². The molecular weight excluding hydrogens is 263 g/mol. The van der Waals surface area contributed by atoms with Gasteiger partial charge in [-0.2, -0.15) is 0 Å². The summed E-state index contributed by atoms with van der Waals surface area (Å²) in [4.78, 5) is 1.93. The van der Waals surface area contributed by atoms with E-state index in [1.807, 2.05) is 37.9 Å². The lowest BCUT2D eigenvalue weighted by Crippen LogP contribution is -2.26. The molecule has 0 aromatic heterocycles. The van der Waals surface area contributed by atoms with Crippen molar-refractivity contribution in [3.63, 3.8) is 0 Å². The van der Waals surface area contributed by atoms with Crippen LogP contribution in [0.3, 0.4) is 0 Å². The normalized spacial score (nSPS) is 10.8. The summed E-state index contributed by atoms with van der Waals surface area (Å²) in [6, 6.07) is 13.9. The van der Waals surface area contributed by atoms with E-state index in [2.05, 4.69) is 36.5 Å². The molecule has 3 heteroatoms. The van der Waals surface area contributed by atoms with E-state index < -0.39 is 0 Å². The summed E-state index contributed by atoms with van der Waals surface area (Å²) < 4.78 is 14.2. The predicted octanol–water partition coefficient (Wildman–Crippen LogP) is 4.59. The highest BCUT2D eigenvalue weighted by Gasteiger charge is 2.10. The Hall–Kier alpha value is -2.03. The van der Waals surface area contributed by atoms with Gasteiger partial charge in [-0.25, -0.2) is 4.39 Å². The van der Waals surface area contributed by atoms with E-state index in [0.717, 1.165) is 5.69 Å². The van der Waals surface area contributed by atoms with Gasteiger partial charge < -0.3 is 10.2 Å². The van der Waals surface area contributed by atoms with Crippen LogP contribution in [-0.4, -0.2) is 13.1 Å². The van der Waals surface area contributed by atoms with Gasteiger partial charge in [-0.1, -0.05) is 29.8 Å². The van der Waals surface area contributed by atoms with Gasteiger partial charge in [0.25, 0.3) is 0 Å². The van der Waals surface area contributed by atoms with Crippen LogP contribution >= 0.6 is 0 Å². The largest absolute Gasteiger partial charge is 0.381 e. The monoisotopic (exact) mass is 286 g/mol. The number of halogens is 1. The SMILES string of the molecule is Cc1ccc(CNc2ccc(N(C)C(C)C)c(F)c2)cc1. The summed E-state index contributed by atoms with van der Waals surface area (Å²) in [6.45, 7) is 6.85. The van der Waals surface area contributed by atoms with Gasteiger partial charge in [0, 0.05) is 25.3 Å². The fraction of sp³-hybridized carbons (Fsp3) is 0.333. The lowest BCUT2D eigenvalue weighted by atomic mass is 10.1. The zero-order valence-electron chi connectivity index (χ0n) is 13.2. The van der Waals surface area contributed by atoms with E-state index in [1.54, 1.807) is 6.07 Å². The fourth-order valence-corrected chi connectivity index (χ4v) is 2.09. The maximum absolute atomic E-state index is 14.2. The highest BCUT2D eigenvalue weighted by atomic mass is 19.1. The van der Waals surface area contributed by atoms with Crippen molar-refractivity contribution in [2.24, 2.45) is 0 Å². The van der Waals surface area contributed by atoms with Gasteiger partial charge >= 0.3 is 0 Å². The number of hydrogen-bond acceptors (Lipinski definition) is 2. The third-order valence-corrected chi connectivity index (χ3v) is 3.72. The molecule has 0 saturated heterocycles. The van der Waals surface area contributed by atoms with Crippen molar-refractivity contribution in [2.75, 3.05) is 17.3 Å². The fourth-order valence-electron chi connectivity index (χ4n) is 2.09. The Balaban J connectivity index is 2.05. The second-order valence-electron chi connectivity index (χ2n) is 5.71. The van der Waals surface area contributed by atoms with Crippen molar-refractivity contribution in [3.8, 4) is 0 Å². The van der Waals surface area contributed by atoms with E-state index in [4.69, 9.17) is 0 Å². The Morgan fingerprint density at radius 2 is 1.76 bits per heavy atom. The van der Waals surface area contributed by atoms with E-state index in [1.165, 1.54) is 11.1 Å². The van der Waals surface area contributed by atoms with Crippen molar-refractivity contribution in [1.29, 1.82) is 0 Å². The van der Waals surface area contributed by atoms with E-state index in [9.17, 15) is 4.39 Å². The van der Waals surface area contributed by atoms with E-state index in [0.29, 0.717) is 12.2 Å².